The van der Waals surface area contributed by atoms with Gasteiger partial charge in [-0.05, 0) is 31.0 Å². The molecule has 0 aromatic heterocycles. The molecule has 2 amide bonds. The highest BCUT2D eigenvalue weighted by molar-refractivity contribution is 8.00. The van der Waals surface area contributed by atoms with Crippen LogP contribution in [0.1, 0.15) is 20.3 Å². The van der Waals surface area contributed by atoms with E-state index in [0.29, 0.717) is 6.42 Å². The molecule has 0 bridgehead atoms. The largest absolute Gasteiger partial charge is 0.352 e. The van der Waals surface area contributed by atoms with Crippen LogP contribution in [0.4, 0.5) is 4.79 Å². The molecule has 3 atom stereocenters. The molecule has 8 heteroatoms. The van der Waals surface area contributed by atoms with Crippen LogP contribution in [0.2, 0.25) is 0 Å². The van der Waals surface area contributed by atoms with Gasteiger partial charge in [-0.3, -0.25) is 4.79 Å². The summed E-state index contributed by atoms with van der Waals surface area (Å²) in [6, 6.07) is 7.37. The van der Waals surface area contributed by atoms with E-state index < -0.39 is 23.4 Å². The Kier molecular flexibility index (Phi) is 7.28. The molecule has 0 radical (unpaired) electrons. The first kappa shape index (κ1) is 17.9. The number of primary amides is 1. The minimum atomic E-state index is -0.753. The molecule has 0 aliphatic rings. The maximum Gasteiger partial charge on any atom is 0.312 e. The van der Waals surface area contributed by atoms with E-state index in [1.807, 2.05) is 37.3 Å². The summed E-state index contributed by atoms with van der Waals surface area (Å²) in [5, 5.41) is 5.64. The van der Waals surface area contributed by atoms with Crippen molar-refractivity contribution in [2.45, 2.75) is 42.5 Å². The standard InChI is InChI=1S/C14H19N5O2S/c1-3-11(18-19-16)12(17-14(15)21)13(9(2)20)22-10-7-5-4-6-8-10/h4-8,11-13H,3H2,1-2H3,(H3,15,17,21). The van der Waals surface area contributed by atoms with Crippen LogP contribution in [-0.2, 0) is 4.79 Å². The Bertz CT molecular complexity index is 560. The van der Waals surface area contributed by atoms with E-state index in [1.54, 1.807) is 0 Å². The molecule has 0 saturated heterocycles. The van der Waals surface area contributed by atoms with Crippen LogP contribution in [0, 0.1) is 0 Å². The number of rotatable bonds is 8. The van der Waals surface area contributed by atoms with Crippen LogP contribution in [0.15, 0.2) is 40.3 Å². The maximum atomic E-state index is 12.0. The van der Waals surface area contributed by atoms with E-state index in [-0.39, 0.29) is 5.78 Å². The Morgan fingerprint density at radius 3 is 2.50 bits per heavy atom. The van der Waals surface area contributed by atoms with Gasteiger partial charge < -0.3 is 11.1 Å². The molecule has 0 heterocycles. The molecule has 3 unspecified atom stereocenters. The number of amides is 2. The molecule has 1 aromatic rings. The fourth-order valence-electron chi connectivity index (χ4n) is 2.07. The molecule has 7 nitrogen and oxygen atoms in total. The van der Waals surface area contributed by atoms with Gasteiger partial charge in [-0.2, -0.15) is 0 Å². The molecule has 0 spiro atoms. The highest BCUT2D eigenvalue weighted by Crippen LogP contribution is 2.28. The van der Waals surface area contributed by atoms with Gasteiger partial charge in [0.2, 0.25) is 0 Å². The van der Waals surface area contributed by atoms with Crippen molar-refractivity contribution in [1.29, 1.82) is 0 Å². The van der Waals surface area contributed by atoms with Crippen molar-refractivity contribution in [1.82, 2.24) is 5.32 Å². The van der Waals surface area contributed by atoms with E-state index >= 15 is 0 Å². The van der Waals surface area contributed by atoms with E-state index in [0.717, 1.165) is 4.90 Å². The topological polar surface area (TPSA) is 121 Å². The lowest BCUT2D eigenvalue weighted by Crippen LogP contribution is -2.52. The van der Waals surface area contributed by atoms with Crippen LogP contribution in [0.25, 0.3) is 10.4 Å². The number of urea groups is 1. The average molecular weight is 321 g/mol. The molecule has 0 saturated carbocycles. The second-order valence-electron chi connectivity index (χ2n) is 4.68. The fraction of sp³-hybridized carbons (Fsp3) is 0.429. The summed E-state index contributed by atoms with van der Waals surface area (Å²) in [5.74, 6) is -0.126. The van der Waals surface area contributed by atoms with Crippen molar-refractivity contribution >= 4 is 23.6 Å². The first-order valence-corrected chi connectivity index (χ1v) is 7.69. The molecular weight excluding hydrogens is 302 g/mol. The van der Waals surface area contributed by atoms with Crippen molar-refractivity contribution < 1.29 is 9.59 Å². The van der Waals surface area contributed by atoms with Gasteiger partial charge in [0.15, 0.2) is 0 Å². The number of nitrogens with one attached hydrogen (secondary N) is 1. The van der Waals surface area contributed by atoms with Crippen LogP contribution in [0.3, 0.4) is 0 Å². The van der Waals surface area contributed by atoms with Gasteiger partial charge in [-0.15, -0.1) is 11.8 Å². The van der Waals surface area contributed by atoms with Crippen molar-refractivity contribution in [3.05, 3.63) is 40.8 Å². The summed E-state index contributed by atoms with van der Waals surface area (Å²) in [4.78, 5) is 27.0. The molecule has 1 rings (SSSR count). The molecule has 0 aliphatic heterocycles. The summed E-state index contributed by atoms with van der Waals surface area (Å²) < 4.78 is 0. The van der Waals surface area contributed by atoms with Gasteiger partial charge in [0, 0.05) is 9.81 Å². The minimum absolute atomic E-state index is 0.126. The zero-order chi connectivity index (χ0) is 16.5. The van der Waals surface area contributed by atoms with Crippen molar-refractivity contribution in [3.8, 4) is 0 Å². The predicted molar refractivity (Wildman–Crippen MR) is 86.5 cm³/mol. The highest BCUT2D eigenvalue weighted by Gasteiger charge is 2.33. The van der Waals surface area contributed by atoms with Crippen molar-refractivity contribution in [2.75, 3.05) is 0 Å². The first-order chi connectivity index (χ1) is 10.5. The Morgan fingerprint density at radius 2 is 2.05 bits per heavy atom. The number of azide groups is 1. The lowest BCUT2D eigenvalue weighted by Gasteiger charge is -2.29. The van der Waals surface area contributed by atoms with E-state index in [2.05, 4.69) is 15.3 Å². The lowest BCUT2D eigenvalue weighted by molar-refractivity contribution is -0.117. The van der Waals surface area contributed by atoms with Crippen LogP contribution >= 0.6 is 11.8 Å². The summed E-state index contributed by atoms with van der Waals surface area (Å²) in [5.41, 5.74) is 13.9. The summed E-state index contributed by atoms with van der Waals surface area (Å²) in [6.07, 6.45) is 0.480. The number of nitrogens with zero attached hydrogens (tertiary/aromatic N) is 3. The third-order valence-corrected chi connectivity index (χ3v) is 4.50. The molecule has 0 fully saturated rings. The highest BCUT2D eigenvalue weighted by atomic mass is 32.2. The van der Waals surface area contributed by atoms with E-state index in [1.165, 1.54) is 18.7 Å². The maximum absolute atomic E-state index is 12.0. The average Bonchev–Trinajstić information content (AvgIpc) is 2.49. The van der Waals surface area contributed by atoms with Crippen LogP contribution in [0.5, 0.6) is 0 Å². The molecule has 0 aliphatic carbocycles. The van der Waals surface area contributed by atoms with Gasteiger partial charge >= 0.3 is 6.03 Å². The number of Topliss-reactive ketones (excluding diaryl/α,β-unsaturated/α-hetero) is 1. The lowest BCUT2D eigenvalue weighted by atomic mass is 10.0. The van der Waals surface area contributed by atoms with Gasteiger partial charge in [0.1, 0.15) is 5.78 Å². The molecular formula is C14H19N5O2S. The normalized spacial score (nSPS) is 14.3. The number of benzene rings is 1. The fourth-order valence-corrected chi connectivity index (χ4v) is 3.24. The number of hydrogen-bond acceptors (Lipinski definition) is 4. The molecule has 118 valence electrons. The Hall–Kier alpha value is -2.18. The van der Waals surface area contributed by atoms with E-state index in [9.17, 15) is 9.59 Å². The van der Waals surface area contributed by atoms with Gasteiger partial charge in [0.25, 0.3) is 0 Å². The summed E-state index contributed by atoms with van der Waals surface area (Å²) in [7, 11) is 0. The van der Waals surface area contributed by atoms with Crippen LogP contribution in [-0.4, -0.2) is 29.1 Å². The Morgan fingerprint density at radius 1 is 1.41 bits per heavy atom. The quantitative estimate of drug-likeness (QED) is 0.331. The molecule has 3 N–H and O–H groups in total. The van der Waals surface area contributed by atoms with E-state index in [4.69, 9.17) is 11.3 Å². The zero-order valence-corrected chi connectivity index (χ0v) is 13.3. The minimum Gasteiger partial charge on any atom is -0.352 e. The SMILES string of the molecule is CCC(N=[N+]=[N-])C(NC(N)=O)C(Sc1ccccc1)C(C)=O. The smallest absolute Gasteiger partial charge is 0.312 e. The van der Waals surface area contributed by atoms with Crippen LogP contribution < -0.4 is 11.1 Å². The van der Waals surface area contributed by atoms with Gasteiger partial charge in [0.05, 0.1) is 17.3 Å². The third-order valence-electron chi connectivity index (χ3n) is 3.07. The number of carbonyl (C=O) groups excluding carboxylic acids is 2. The molecule has 22 heavy (non-hydrogen) atoms. The number of thioether (sulfide) groups is 1. The second kappa shape index (κ2) is 8.96. The Labute approximate surface area is 133 Å². The summed E-state index contributed by atoms with van der Waals surface area (Å²) in [6.45, 7) is 3.26. The predicted octanol–water partition coefficient (Wildman–Crippen LogP) is 2.86. The Balaban J connectivity index is 3.10. The monoisotopic (exact) mass is 321 g/mol. The third kappa shape index (κ3) is 5.31. The van der Waals surface area contributed by atoms with Crippen molar-refractivity contribution in [3.63, 3.8) is 0 Å². The second-order valence-corrected chi connectivity index (χ2v) is 5.89. The molecule has 1 aromatic carbocycles. The van der Waals surface area contributed by atoms with Gasteiger partial charge in [-0.1, -0.05) is 30.2 Å². The number of ketones is 1. The number of carbonyl (C=O) groups is 2. The number of nitrogens with two attached hydrogens (primary N) is 1. The number of hydrogen-bond donors (Lipinski definition) is 2. The summed E-state index contributed by atoms with van der Waals surface area (Å²) >= 11 is 1.31. The first-order valence-electron chi connectivity index (χ1n) is 6.82. The van der Waals surface area contributed by atoms with Crippen molar-refractivity contribution in [2.24, 2.45) is 10.8 Å². The van der Waals surface area contributed by atoms with Gasteiger partial charge in [-0.25, -0.2) is 4.79 Å². The zero-order valence-electron chi connectivity index (χ0n) is 12.5.